The molecule has 4 rings (SSSR count). The van der Waals surface area contributed by atoms with Crippen LogP contribution in [0.5, 0.6) is 0 Å². The van der Waals surface area contributed by atoms with Crippen LogP contribution in [0.3, 0.4) is 0 Å². The molecule has 0 aliphatic carbocycles. The second-order valence-corrected chi connectivity index (χ2v) is 6.01. The van der Waals surface area contributed by atoms with Gasteiger partial charge in [-0.1, -0.05) is 6.07 Å². The van der Waals surface area contributed by atoms with Crippen molar-refractivity contribution in [1.82, 2.24) is 29.3 Å². The molecule has 0 fully saturated rings. The maximum Gasteiger partial charge on any atom is 0.274 e. The summed E-state index contributed by atoms with van der Waals surface area (Å²) in [5.41, 5.74) is 3.62. The zero-order valence-electron chi connectivity index (χ0n) is 13.8. The molecule has 0 radical (unpaired) electrons. The molecule has 0 saturated heterocycles. The molecular formula is C17H16N6O2. The fourth-order valence-electron chi connectivity index (χ4n) is 2.73. The van der Waals surface area contributed by atoms with Gasteiger partial charge in [-0.25, -0.2) is 9.50 Å². The van der Waals surface area contributed by atoms with Gasteiger partial charge in [0, 0.05) is 30.4 Å². The Balaban J connectivity index is 1.55. The minimum Gasteiger partial charge on any atom is -0.345 e. The number of carbonyl (C=O) groups excluding carboxylic acids is 1. The van der Waals surface area contributed by atoms with E-state index < -0.39 is 0 Å². The first kappa shape index (κ1) is 15.1. The number of nitrogens with zero attached hydrogens (tertiary/aromatic N) is 4. The third-order valence-electron chi connectivity index (χ3n) is 3.91. The molecule has 8 heteroatoms. The number of carbonyl (C=O) groups is 1. The van der Waals surface area contributed by atoms with Crippen LogP contribution in [0.2, 0.25) is 0 Å². The summed E-state index contributed by atoms with van der Waals surface area (Å²) in [7, 11) is 0. The molecule has 0 bridgehead atoms. The van der Waals surface area contributed by atoms with Crippen molar-refractivity contribution in [2.75, 3.05) is 0 Å². The Morgan fingerprint density at radius 2 is 2.08 bits per heavy atom. The van der Waals surface area contributed by atoms with Crippen LogP contribution >= 0.6 is 0 Å². The number of aryl methyl sites for hydroxylation is 2. The van der Waals surface area contributed by atoms with Crippen molar-refractivity contribution in [3.8, 4) is 0 Å². The van der Waals surface area contributed by atoms with E-state index in [2.05, 4.69) is 20.4 Å². The number of imidazole rings is 1. The largest absolute Gasteiger partial charge is 0.345 e. The van der Waals surface area contributed by atoms with Crippen LogP contribution in [-0.4, -0.2) is 29.9 Å². The molecule has 0 saturated carbocycles. The van der Waals surface area contributed by atoms with E-state index in [1.807, 2.05) is 35.9 Å². The molecule has 4 aromatic rings. The Kier molecular flexibility index (Phi) is 3.38. The highest BCUT2D eigenvalue weighted by Crippen LogP contribution is 2.08. The molecule has 0 atom stereocenters. The summed E-state index contributed by atoms with van der Waals surface area (Å²) < 4.78 is 3.33. The third-order valence-corrected chi connectivity index (χ3v) is 3.91. The molecule has 0 aromatic carbocycles. The number of pyridine rings is 1. The van der Waals surface area contributed by atoms with Crippen molar-refractivity contribution >= 4 is 17.1 Å². The maximum atomic E-state index is 12.3. The Bertz CT molecular complexity index is 1170. The van der Waals surface area contributed by atoms with Crippen molar-refractivity contribution in [3.05, 3.63) is 69.8 Å². The second kappa shape index (κ2) is 5.59. The van der Waals surface area contributed by atoms with Crippen LogP contribution in [0.1, 0.15) is 27.4 Å². The molecular weight excluding hydrogens is 320 g/mol. The van der Waals surface area contributed by atoms with E-state index in [4.69, 9.17) is 0 Å². The normalized spacial score (nSPS) is 11.3. The van der Waals surface area contributed by atoms with Crippen molar-refractivity contribution in [2.24, 2.45) is 0 Å². The van der Waals surface area contributed by atoms with Crippen molar-refractivity contribution in [2.45, 2.75) is 20.4 Å². The molecule has 0 aliphatic rings. The summed E-state index contributed by atoms with van der Waals surface area (Å²) in [4.78, 5) is 31.3. The van der Waals surface area contributed by atoms with Gasteiger partial charge >= 0.3 is 0 Å². The Morgan fingerprint density at radius 1 is 1.24 bits per heavy atom. The lowest BCUT2D eigenvalue weighted by atomic mass is 10.3. The van der Waals surface area contributed by atoms with E-state index in [-0.39, 0.29) is 23.7 Å². The Morgan fingerprint density at radius 3 is 2.92 bits per heavy atom. The van der Waals surface area contributed by atoms with Crippen LogP contribution in [0.25, 0.3) is 11.2 Å². The lowest BCUT2D eigenvalue weighted by Crippen LogP contribution is -2.23. The van der Waals surface area contributed by atoms with Gasteiger partial charge in [-0.3, -0.25) is 9.59 Å². The predicted octanol–water partition coefficient (Wildman–Crippen LogP) is 1.22. The quantitative estimate of drug-likeness (QED) is 0.588. The SMILES string of the molecule is Cc1ccc2nc(CNC(=O)c3cc4c(=O)[nH]c(C)cn4n3)cn2c1. The minimum atomic E-state index is -0.353. The fourth-order valence-corrected chi connectivity index (χ4v) is 2.73. The van der Waals surface area contributed by atoms with E-state index in [1.54, 1.807) is 13.1 Å². The number of H-pyrrole nitrogens is 1. The standard InChI is InChI=1S/C17H16N6O2/c1-10-3-4-15-20-12(9-22(15)7-10)6-18-16(24)13-5-14-17(25)19-11(2)8-23(14)21-13/h3-5,7-9H,6H2,1-2H3,(H,18,24)(H,19,25). The molecule has 0 aliphatic heterocycles. The van der Waals surface area contributed by atoms with E-state index in [0.29, 0.717) is 11.2 Å². The number of hydrogen-bond acceptors (Lipinski definition) is 4. The molecule has 0 unspecified atom stereocenters. The minimum absolute atomic E-state index is 0.190. The van der Waals surface area contributed by atoms with Crippen LogP contribution in [0, 0.1) is 13.8 Å². The van der Waals surface area contributed by atoms with Crippen LogP contribution in [-0.2, 0) is 6.54 Å². The van der Waals surface area contributed by atoms with Gasteiger partial charge < -0.3 is 14.7 Å². The highest BCUT2D eigenvalue weighted by atomic mass is 16.2. The monoisotopic (exact) mass is 336 g/mol. The summed E-state index contributed by atoms with van der Waals surface area (Å²) in [6, 6.07) is 5.39. The fraction of sp³-hybridized carbons (Fsp3) is 0.176. The first-order chi connectivity index (χ1) is 12.0. The molecule has 4 aromatic heterocycles. The molecule has 4 heterocycles. The van der Waals surface area contributed by atoms with E-state index in [0.717, 1.165) is 16.9 Å². The summed E-state index contributed by atoms with van der Waals surface area (Å²) in [5, 5.41) is 6.94. The van der Waals surface area contributed by atoms with Crippen LogP contribution < -0.4 is 10.9 Å². The number of fused-ring (bicyclic) bond motifs is 2. The topological polar surface area (TPSA) is 96.6 Å². The maximum absolute atomic E-state index is 12.3. The molecule has 2 N–H and O–H groups in total. The summed E-state index contributed by atoms with van der Waals surface area (Å²) in [6.45, 7) is 4.05. The Labute approximate surface area is 142 Å². The van der Waals surface area contributed by atoms with Gasteiger partial charge in [0.05, 0.1) is 12.2 Å². The summed E-state index contributed by atoms with van der Waals surface area (Å²) >= 11 is 0. The van der Waals surface area contributed by atoms with Gasteiger partial charge in [0.1, 0.15) is 11.2 Å². The van der Waals surface area contributed by atoms with E-state index >= 15 is 0 Å². The van der Waals surface area contributed by atoms with Gasteiger partial charge in [0.2, 0.25) is 0 Å². The number of nitrogens with one attached hydrogen (secondary N) is 2. The molecule has 0 spiro atoms. The Hall–Kier alpha value is -3.42. The molecule has 126 valence electrons. The lowest BCUT2D eigenvalue weighted by Gasteiger charge is -1.99. The second-order valence-electron chi connectivity index (χ2n) is 6.01. The van der Waals surface area contributed by atoms with Gasteiger partial charge in [-0.05, 0) is 25.5 Å². The first-order valence-electron chi connectivity index (χ1n) is 7.81. The lowest BCUT2D eigenvalue weighted by molar-refractivity contribution is 0.0945. The van der Waals surface area contributed by atoms with Crippen molar-refractivity contribution in [3.63, 3.8) is 0 Å². The summed E-state index contributed by atoms with van der Waals surface area (Å²) in [5.74, 6) is -0.353. The number of aromatic nitrogens is 5. The van der Waals surface area contributed by atoms with Gasteiger partial charge in [0.25, 0.3) is 11.5 Å². The third kappa shape index (κ3) is 2.78. The van der Waals surface area contributed by atoms with Gasteiger partial charge in [0.15, 0.2) is 5.69 Å². The van der Waals surface area contributed by atoms with Gasteiger partial charge in [-0.2, -0.15) is 5.10 Å². The first-order valence-corrected chi connectivity index (χ1v) is 7.81. The van der Waals surface area contributed by atoms with E-state index in [1.165, 1.54) is 10.6 Å². The molecule has 8 nitrogen and oxygen atoms in total. The van der Waals surface area contributed by atoms with Gasteiger partial charge in [-0.15, -0.1) is 0 Å². The number of amides is 1. The van der Waals surface area contributed by atoms with Crippen LogP contribution in [0.4, 0.5) is 0 Å². The average molecular weight is 336 g/mol. The number of hydrogen-bond donors (Lipinski definition) is 2. The molecule has 1 amide bonds. The highest BCUT2D eigenvalue weighted by molar-refractivity contribution is 5.93. The van der Waals surface area contributed by atoms with E-state index in [9.17, 15) is 9.59 Å². The number of aromatic amines is 1. The van der Waals surface area contributed by atoms with Crippen molar-refractivity contribution < 1.29 is 4.79 Å². The van der Waals surface area contributed by atoms with Crippen molar-refractivity contribution in [1.29, 1.82) is 0 Å². The van der Waals surface area contributed by atoms with Crippen LogP contribution in [0.15, 0.2) is 41.6 Å². The molecule has 25 heavy (non-hydrogen) atoms. The zero-order chi connectivity index (χ0) is 17.6. The number of rotatable bonds is 3. The highest BCUT2D eigenvalue weighted by Gasteiger charge is 2.13. The zero-order valence-corrected chi connectivity index (χ0v) is 13.8. The average Bonchev–Trinajstić information content (AvgIpc) is 3.15. The predicted molar refractivity (Wildman–Crippen MR) is 91.6 cm³/mol. The summed E-state index contributed by atoms with van der Waals surface area (Å²) in [6.07, 6.45) is 5.52. The smallest absolute Gasteiger partial charge is 0.274 e.